The summed E-state index contributed by atoms with van der Waals surface area (Å²) in [5.41, 5.74) is 0.926. The molecule has 1 amide bonds. The van der Waals surface area contributed by atoms with Crippen molar-refractivity contribution in [1.29, 1.82) is 0 Å². The Kier molecular flexibility index (Phi) is 7.07. The van der Waals surface area contributed by atoms with Crippen molar-refractivity contribution in [2.24, 2.45) is 0 Å². The molecule has 5 heteroatoms. The van der Waals surface area contributed by atoms with Crippen LogP contribution >= 0.6 is 24.0 Å². The maximum atomic E-state index is 12.7. The lowest BCUT2D eigenvalue weighted by Crippen LogP contribution is -2.28. The van der Waals surface area contributed by atoms with Crippen molar-refractivity contribution in [2.75, 3.05) is 6.54 Å². The van der Waals surface area contributed by atoms with Crippen LogP contribution in [0.15, 0.2) is 59.5 Å². The van der Waals surface area contributed by atoms with Crippen molar-refractivity contribution in [3.05, 3.63) is 65.1 Å². The van der Waals surface area contributed by atoms with E-state index in [2.05, 4.69) is 6.92 Å². The molecule has 0 aromatic heterocycles. The van der Waals surface area contributed by atoms with Crippen molar-refractivity contribution in [3.8, 4) is 11.5 Å². The van der Waals surface area contributed by atoms with E-state index in [1.807, 2.05) is 60.7 Å². The highest BCUT2D eigenvalue weighted by molar-refractivity contribution is 8.26. The van der Waals surface area contributed by atoms with Crippen LogP contribution in [0, 0.1) is 0 Å². The van der Waals surface area contributed by atoms with Gasteiger partial charge in [0.25, 0.3) is 5.91 Å². The molecule has 3 rings (SSSR count). The lowest BCUT2D eigenvalue weighted by Gasteiger charge is -2.13. The van der Waals surface area contributed by atoms with Gasteiger partial charge in [-0.25, -0.2) is 0 Å². The first-order valence-electron chi connectivity index (χ1n) is 9.25. The Morgan fingerprint density at radius 2 is 1.81 bits per heavy atom. The molecule has 1 fully saturated rings. The van der Waals surface area contributed by atoms with Gasteiger partial charge in [-0.05, 0) is 42.3 Å². The van der Waals surface area contributed by atoms with Crippen molar-refractivity contribution >= 4 is 40.3 Å². The van der Waals surface area contributed by atoms with Crippen molar-refractivity contribution < 1.29 is 9.53 Å². The molecule has 1 heterocycles. The number of para-hydroxylation sites is 1. The van der Waals surface area contributed by atoms with Crippen LogP contribution in [0.5, 0.6) is 11.5 Å². The number of carbonyl (C=O) groups is 1. The highest BCUT2D eigenvalue weighted by atomic mass is 32.2. The number of rotatable bonds is 8. The molecule has 140 valence electrons. The quantitative estimate of drug-likeness (QED) is 0.299. The maximum Gasteiger partial charge on any atom is 0.266 e. The number of amides is 1. The van der Waals surface area contributed by atoms with E-state index in [1.54, 1.807) is 4.90 Å². The summed E-state index contributed by atoms with van der Waals surface area (Å²) >= 11 is 6.78. The van der Waals surface area contributed by atoms with Crippen LogP contribution in [0.4, 0.5) is 0 Å². The van der Waals surface area contributed by atoms with Crippen molar-refractivity contribution in [3.63, 3.8) is 0 Å². The molecule has 1 aliphatic rings. The first kappa shape index (κ1) is 19.6. The van der Waals surface area contributed by atoms with Crippen LogP contribution in [-0.4, -0.2) is 21.7 Å². The Morgan fingerprint density at radius 1 is 1.04 bits per heavy atom. The van der Waals surface area contributed by atoms with Gasteiger partial charge in [-0.1, -0.05) is 80.5 Å². The highest BCUT2D eigenvalue weighted by Gasteiger charge is 2.31. The second kappa shape index (κ2) is 9.72. The summed E-state index contributed by atoms with van der Waals surface area (Å²) < 4.78 is 6.52. The van der Waals surface area contributed by atoms with Gasteiger partial charge in [0, 0.05) is 6.54 Å². The van der Waals surface area contributed by atoms with Gasteiger partial charge in [-0.2, -0.15) is 0 Å². The molecule has 1 saturated heterocycles. The smallest absolute Gasteiger partial charge is 0.266 e. The lowest BCUT2D eigenvalue weighted by molar-refractivity contribution is -0.122. The normalized spacial score (nSPS) is 15.6. The molecule has 0 radical (unpaired) electrons. The molecule has 0 unspecified atom stereocenters. The van der Waals surface area contributed by atoms with Crippen LogP contribution in [0.25, 0.3) is 6.08 Å². The lowest BCUT2D eigenvalue weighted by atomic mass is 10.2. The second-order valence-corrected chi connectivity index (χ2v) is 8.06. The highest BCUT2D eigenvalue weighted by Crippen LogP contribution is 2.33. The number of hydrogen-bond donors (Lipinski definition) is 0. The minimum Gasteiger partial charge on any atom is -0.457 e. The Hall–Kier alpha value is -2.11. The Morgan fingerprint density at radius 3 is 2.59 bits per heavy atom. The molecule has 0 bridgehead atoms. The summed E-state index contributed by atoms with van der Waals surface area (Å²) in [6.07, 6.45) is 6.39. The number of benzene rings is 2. The molecular weight excluding hydrogens is 374 g/mol. The zero-order valence-corrected chi connectivity index (χ0v) is 17.0. The standard InChI is InChI=1S/C22H23NO2S2/c1-2-3-4-8-14-23-21(24)20(27-22(23)26)16-17-10-9-13-19(15-17)25-18-11-6-5-7-12-18/h5-7,9-13,15-16H,2-4,8,14H2,1H3. The first-order chi connectivity index (χ1) is 13.2. The van der Waals surface area contributed by atoms with E-state index in [0.29, 0.717) is 15.8 Å². The fourth-order valence-electron chi connectivity index (χ4n) is 2.83. The van der Waals surface area contributed by atoms with E-state index >= 15 is 0 Å². The van der Waals surface area contributed by atoms with Gasteiger partial charge in [-0.15, -0.1) is 0 Å². The molecule has 0 N–H and O–H groups in total. The molecule has 2 aromatic rings. The summed E-state index contributed by atoms with van der Waals surface area (Å²) in [6, 6.07) is 17.4. The predicted octanol–water partition coefficient (Wildman–Crippen LogP) is 6.26. The fraction of sp³-hybridized carbons (Fsp3) is 0.273. The van der Waals surface area contributed by atoms with Crippen LogP contribution in [0.3, 0.4) is 0 Å². The van der Waals surface area contributed by atoms with E-state index in [1.165, 1.54) is 24.6 Å². The van der Waals surface area contributed by atoms with Gasteiger partial charge in [0.15, 0.2) is 0 Å². The second-order valence-electron chi connectivity index (χ2n) is 6.38. The third kappa shape index (κ3) is 5.44. The molecule has 27 heavy (non-hydrogen) atoms. The average molecular weight is 398 g/mol. The monoisotopic (exact) mass is 397 g/mol. The Balaban J connectivity index is 1.68. The van der Waals surface area contributed by atoms with Gasteiger partial charge in [0.2, 0.25) is 0 Å². The first-order valence-corrected chi connectivity index (χ1v) is 10.5. The predicted molar refractivity (Wildman–Crippen MR) is 117 cm³/mol. The van der Waals surface area contributed by atoms with Crippen LogP contribution in [-0.2, 0) is 4.79 Å². The third-order valence-corrected chi connectivity index (χ3v) is 5.62. The molecule has 0 aliphatic carbocycles. The molecule has 2 aromatic carbocycles. The Bertz CT molecular complexity index is 833. The topological polar surface area (TPSA) is 29.5 Å². The number of hydrogen-bond acceptors (Lipinski definition) is 4. The van der Waals surface area contributed by atoms with Gasteiger partial charge in [0.05, 0.1) is 4.91 Å². The van der Waals surface area contributed by atoms with Crippen LogP contribution in [0.2, 0.25) is 0 Å². The number of nitrogens with zero attached hydrogens (tertiary/aromatic N) is 1. The van der Waals surface area contributed by atoms with Gasteiger partial charge < -0.3 is 4.74 Å². The van der Waals surface area contributed by atoms with Gasteiger partial charge >= 0.3 is 0 Å². The molecule has 0 saturated carbocycles. The number of unbranched alkanes of at least 4 members (excludes halogenated alkanes) is 3. The van der Waals surface area contributed by atoms with E-state index in [4.69, 9.17) is 17.0 Å². The molecule has 1 aliphatic heterocycles. The summed E-state index contributed by atoms with van der Waals surface area (Å²) in [5.74, 6) is 1.54. The minimum absolute atomic E-state index is 0.0101. The van der Waals surface area contributed by atoms with Crippen molar-refractivity contribution in [2.45, 2.75) is 32.6 Å². The van der Waals surface area contributed by atoms with E-state index < -0.39 is 0 Å². The SMILES string of the molecule is CCCCCCN1C(=O)C(=Cc2cccc(Oc3ccccc3)c2)SC1=S. The zero-order chi connectivity index (χ0) is 19.1. The molecular formula is C22H23NO2S2. The van der Waals surface area contributed by atoms with E-state index in [9.17, 15) is 4.79 Å². The van der Waals surface area contributed by atoms with Crippen molar-refractivity contribution in [1.82, 2.24) is 4.90 Å². The molecule has 3 nitrogen and oxygen atoms in total. The van der Waals surface area contributed by atoms with Crippen LogP contribution in [0.1, 0.15) is 38.2 Å². The van der Waals surface area contributed by atoms with Crippen LogP contribution < -0.4 is 4.74 Å². The van der Waals surface area contributed by atoms with Gasteiger partial charge in [-0.3, -0.25) is 9.69 Å². The third-order valence-electron chi connectivity index (χ3n) is 4.24. The fourth-order valence-corrected chi connectivity index (χ4v) is 4.14. The summed E-state index contributed by atoms with van der Waals surface area (Å²) in [4.78, 5) is 15.1. The van der Waals surface area contributed by atoms with E-state index in [-0.39, 0.29) is 5.91 Å². The van der Waals surface area contributed by atoms with E-state index in [0.717, 1.165) is 29.9 Å². The average Bonchev–Trinajstić information content (AvgIpc) is 2.93. The minimum atomic E-state index is 0.0101. The summed E-state index contributed by atoms with van der Waals surface area (Å²) in [6.45, 7) is 2.89. The summed E-state index contributed by atoms with van der Waals surface area (Å²) in [5, 5.41) is 0. The molecule has 0 spiro atoms. The number of thiocarbonyl (C=S) groups is 1. The number of thioether (sulfide) groups is 1. The summed E-state index contributed by atoms with van der Waals surface area (Å²) in [7, 11) is 0. The van der Waals surface area contributed by atoms with Gasteiger partial charge in [0.1, 0.15) is 15.8 Å². The maximum absolute atomic E-state index is 12.7. The number of carbonyl (C=O) groups excluding carboxylic acids is 1. The Labute approximate surface area is 170 Å². The largest absolute Gasteiger partial charge is 0.457 e. The molecule has 0 atom stereocenters. The zero-order valence-electron chi connectivity index (χ0n) is 15.4. The number of ether oxygens (including phenoxy) is 1.